The van der Waals surface area contributed by atoms with Gasteiger partial charge in [-0.2, -0.15) is 0 Å². The van der Waals surface area contributed by atoms with Crippen LogP contribution in [0.15, 0.2) is 11.4 Å². The minimum Gasteiger partial charge on any atom is -0.379 e. The minimum atomic E-state index is 0.211. The van der Waals surface area contributed by atoms with Gasteiger partial charge in [0.2, 0.25) is 0 Å². The van der Waals surface area contributed by atoms with Crippen molar-refractivity contribution in [2.45, 2.75) is 32.6 Å². The Morgan fingerprint density at radius 3 is 2.56 bits per heavy atom. The van der Waals surface area contributed by atoms with E-state index in [1.165, 1.54) is 38.0 Å². The number of carbonyl (C=O) groups excluding carboxylic acids is 1. The molecular formula is C21H33N3O2S. The Morgan fingerprint density at radius 2 is 1.85 bits per heavy atom. The number of piperidine rings is 1. The van der Waals surface area contributed by atoms with E-state index in [1.807, 2.05) is 6.07 Å². The maximum absolute atomic E-state index is 12.8. The standard InChI is InChI=1S/C21H33N3O2S/c1-18-14-19(27-15-18)20(25)24-8-4-21(5-9-24)16-23(12-13-26-17-21)11-10-22-6-2-3-7-22/h14-15H,2-13,16-17H2,1H3. The zero-order valence-electron chi connectivity index (χ0n) is 16.6. The van der Waals surface area contributed by atoms with Crippen molar-refractivity contribution >= 4 is 17.2 Å². The number of likely N-dealkylation sites (tertiary alicyclic amines) is 2. The zero-order chi connectivity index (χ0) is 18.7. The molecule has 150 valence electrons. The molecule has 5 nitrogen and oxygen atoms in total. The fourth-order valence-corrected chi connectivity index (χ4v) is 5.61. The Balaban J connectivity index is 1.32. The number of carbonyl (C=O) groups is 1. The van der Waals surface area contributed by atoms with Crippen molar-refractivity contribution in [2.75, 3.05) is 65.6 Å². The molecule has 0 atom stereocenters. The van der Waals surface area contributed by atoms with Crippen LogP contribution in [0.2, 0.25) is 0 Å². The summed E-state index contributed by atoms with van der Waals surface area (Å²) >= 11 is 1.57. The van der Waals surface area contributed by atoms with Crippen molar-refractivity contribution in [1.82, 2.24) is 14.7 Å². The molecule has 1 aromatic heterocycles. The summed E-state index contributed by atoms with van der Waals surface area (Å²) in [6, 6.07) is 2.02. The van der Waals surface area contributed by atoms with Gasteiger partial charge in [0.25, 0.3) is 5.91 Å². The van der Waals surface area contributed by atoms with Crippen LogP contribution in [0, 0.1) is 12.3 Å². The monoisotopic (exact) mass is 391 g/mol. The highest BCUT2D eigenvalue weighted by molar-refractivity contribution is 7.12. The van der Waals surface area contributed by atoms with Gasteiger partial charge in [-0.05, 0) is 62.7 Å². The van der Waals surface area contributed by atoms with Crippen LogP contribution >= 0.6 is 11.3 Å². The lowest BCUT2D eigenvalue weighted by molar-refractivity contribution is 0.0147. The number of nitrogens with zero attached hydrogens (tertiary/aromatic N) is 3. The van der Waals surface area contributed by atoms with Gasteiger partial charge in [0.15, 0.2) is 0 Å². The Labute approximate surface area is 167 Å². The summed E-state index contributed by atoms with van der Waals surface area (Å²) in [5.41, 5.74) is 1.41. The molecule has 0 aliphatic carbocycles. The van der Waals surface area contributed by atoms with Crippen molar-refractivity contribution in [3.05, 3.63) is 21.9 Å². The fraction of sp³-hybridized carbons (Fsp3) is 0.762. The summed E-state index contributed by atoms with van der Waals surface area (Å²) in [5, 5.41) is 2.07. The second-order valence-corrected chi connectivity index (χ2v) is 9.57. The number of ether oxygens (including phenoxy) is 1. The number of hydrogen-bond donors (Lipinski definition) is 0. The zero-order valence-corrected chi connectivity index (χ0v) is 17.4. The highest BCUT2D eigenvalue weighted by atomic mass is 32.1. The first-order valence-electron chi connectivity index (χ1n) is 10.5. The van der Waals surface area contributed by atoms with Crippen molar-refractivity contribution in [1.29, 1.82) is 0 Å². The van der Waals surface area contributed by atoms with Crippen molar-refractivity contribution in [3.8, 4) is 0 Å². The molecule has 0 saturated carbocycles. The normalized spacial score (nSPS) is 24.4. The first-order valence-corrected chi connectivity index (χ1v) is 11.4. The van der Waals surface area contributed by atoms with E-state index in [2.05, 4.69) is 27.0 Å². The van der Waals surface area contributed by atoms with Gasteiger partial charge in [0.05, 0.1) is 18.1 Å². The highest BCUT2D eigenvalue weighted by Crippen LogP contribution is 2.35. The van der Waals surface area contributed by atoms with Gasteiger partial charge in [-0.1, -0.05) is 0 Å². The molecule has 3 fully saturated rings. The molecule has 1 amide bonds. The van der Waals surface area contributed by atoms with Gasteiger partial charge in [-0.15, -0.1) is 11.3 Å². The Hall–Kier alpha value is -0.950. The number of thiophene rings is 1. The minimum absolute atomic E-state index is 0.211. The molecule has 4 heterocycles. The summed E-state index contributed by atoms with van der Waals surface area (Å²) in [4.78, 5) is 20.9. The van der Waals surface area contributed by atoms with Gasteiger partial charge in [0.1, 0.15) is 0 Å². The molecule has 27 heavy (non-hydrogen) atoms. The van der Waals surface area contributed by atoms with Gasteiger partial charge in [0, 0.05) is 44.7 Å². The third-order valence-electron chi connectivity index (χ3n) is 6.50. The molecule has 0 radical (unpaired) electrons. The van der Waals surface area contributed by atoms with Crippen LogP contribution in [0.3, 0.4) is 0 Å². The van der Waals surface area contributed by atoms with E-state index in [0.717, 1.165) is 63.7 Å². The maximum atomic E-state index is 12.8. The van der Waals surface area contributed by atoms with Crippen LogP contribution in [-0.2, 0) is 4.74 Å². The van der Waals surface area contributed by atoms with Gasteiger partial charge in [-0.25, -0.2) is 0 Å². The SMILES string of the molecule is Cc1csc(C(=O)N2CCC3(CC2)COCCN(CCN2CCCC2)C3)c1. The lowest BCUT2D eigenvalue weighted by Crippen LogP contribution is -2.49. The van der Waals surface area contributed by atoms with Gasteiger partial charge >= 0.3 is 0 Å². The lowest BCUT2D eigenvalue weighted by Gasteiger charge is -2.42. The molecule has 0 aromatic carbocycles. The largest absolute Gasteiger partial charge is 0.379 e. The summed E-state index contributed by atoms with van der Waals surface area (Å²) in [7, 11) is 0. The molecule has 3 saturated heterocycles. The van der Waals surface area contributed by atoms with E-state index >= 15 is 0 Å². The summed E-state index contributed by atoms with van der Waals surface area (Å²) in [5.74, 6) is 0.211. The number of hydrogen-bond acceptors (Lipinski definition) is 5. The molecule has 0 N–H and O–H groups in total. The quantitative estimate of drug-likeness (QED) is 0.791. The second kappa shape index (κ2) is 8.60. The molecule has 3 aliphatic heterocycles. The third-order valence-corrected chi connectivity index (χ3v) is 7.54. The average molecular weight is 392 g/mol. The van der Waals surface area contributed by atoms with Crippen molar-refractivity contribution in [3.63, 3.8) is 0 Å². The van der Waals surface area contributed by atoms with E-state index in [1.54, 1.807) is 11.3 Å². The molecule has 1 spiro atoms. The van der Waals surface area contributed by atoms with Gasteiger partial charge < -0.3 is 14.5 Å². The van der Waals surface area contributed by atoms with Crippen LogP contribution in [0.1, 0.15) is 40.9 Å². The van der Waals surface area contributed by atoms with E-state index in [0.29, 0.717) is 0 Å². The Bertz CT molecular complexity index is 633. The smallest absolute Gasteiger partial charge is 0.263 e. The average Bonchev–Trinajstić information content (AvgIpc) is 3.31. The lowest BCUT2D eigenvalue weighted by atomic mass is 9.78. The molecule has 1 aromatic rings. The topological polar surface area (TPSA) is 36.0 Å². The summed E-state index contributed by atoms with van der Waals surface area (Å²) in [6.07, 6.45) is 4.84. The van der Waals surface area contributed by atoms with E-state index in [4.69, 9.17) is 4.74 Å². The first kappa shape index (κ1) is 19.4. The Morgan fingerprint density at radius 1 is 1.11 bits per heavy atom. The molecule has 0 bridgehead atoms. The first-order chi connectivity index (χ1) is 13.1. The van der Waals surface area contributed by atoms with Crippen molar-refractivity contribution < 1.29 is 9.53 Å². The van der Waals surface area contributed by atoms with Crippen LogP contribution < -0.4 is 0 Å². The molecule has 4 rings (SSSR count). The highest BCUT2D eigenvalue weighted by Gasteiger charge is 2.39. The van der Waals surface area contributed by atoms with Crippen LogP contribution in [-0.4, -0.2) is 86.2 Å². The van der Waals surface area contributed by atoms with E-state index in [9.17, 15) is 4.79 Å². The Kier molecular flexibility index (Phi) is 6.17. The van der Waals surface area contributed by atoms with Crippen LogP contribution in [0.5, 0.6) is 0 Å². The van der Waals surface area contributed by atoms with Gasteiger partial charge in [-0.3, -0.25) is 9.69 Å². The molecule has 3 aliphatic rings. The second-order valence-electron chi connectivity index (χ2n) is 8.66. The van der Waals surface area contributed by atoms with E-state index < -0.39 is 0 Å². The van der Waals surface area contributed by atoms with Crippen LogP contribution in [0.25, 0.3) is 0 Å². The summed E-state index contributed by atoms with van der Waals surface area (Å²) in [6.45, 7) is 12.5. The molecule has 6 heteroatoms. The number of amides is 1. The fourth-order valence-electron chi connectivity index (χ4n) is 4.75. The number of aryl methyl sites for hydroxylation is 1. The van der Waals surface area contributed by atoms with Crippen molar-refractivity contribution in [2.24, 2.45) is 5.41 Å². The predicted molar refractivity (Wildman–Crippen MR) is 110 cm³/mol. The van der Waals surface area contributed by atoms with E-state index in [-0.39, 0.29) is 11.3 Å². The molecule has 0 unspecified atom stereocenters. The summed E-state index contributed by atoms with van der Waals surface area (Å²) < 4.78 is 6.02. The maximum Gasteiger partial charge on any atom is 0.263 e. The molecular weight excluding hydrogens is 358 g/mol. The predicted octanol–water partition coefficient (Wildman–Crippen LogP) is 2.71. The number of rotatable bonds is 4. The van der Waals surface area contributed by atoms with Crippen LogP contribution in [0.4, 0.5) is 0 Å². The third kappa shape index (κ3) is 4.73.